The van der Waals surface area contributed by atoms with E-state index in [2.05, 4.69) is 106 Å². The first-order chi connectivity index (χ1) is 18.9. The van der Waals surface area contributed by atoms with Crippen molar-refractivity contribution in [1.82, 2.24) is 0 Å². The maximum absolute atomic E-state index is 7.16. The molecule has 0 amide bonds. The third-order valence-corrected chi connectivity index (χ3v) is 21.0. The third-order valence-electron chi connectivity index (χ3n) is 10.2. The molecule has 1 aromatic carbocycles. The van der Waals surface area contributed by atoms with Crippen molar-refractivity contribution in [2.75, 3.05) is 13.2 Å². The van der Waals surface area contributed by atoms with Crippen LogP contribution in [-0.4, -0.2) is 47.7 Å². The Morgan fingerprint density at radius 3 is 2.00 bits per heavy atom. The maximum atomic E-state index is 7.16. The van der Waals surface area contributed by atoms with Gasteiger partial charge in [0.15, 0.2) is 16.6 Å². The van der Waals surface area contributed by atoms with Gasteiger partial charge in [-0.15, -0.1) is 0 Å². The Balaban J connectivity index is 2.10. The Morgan fingerprint density at radius 1 is 0.900 bits per heavy atom. The van der Waals surface area contributed by atoms with Gasteiger partial charge in [0, 0.05) is 19.6 Å². The highest BCUT2D eigenvalue weighted by molar-refractivity contribution is 6.77. The van der Waals surface area contributed by atoms with E-state index in [0.717, 1.165) is 32.3 Å². The van der Waals surface area contributed by atoms with Gasteiger partial charge >= 0.3 is 0 Å². The number of ether oxygens (including phenoxy) is 2. The van der Waals surface area contributed by atoms with Crippen molar-refractivity contribution < 1.29 is 18.3 Å². The van der Waals surface area contributed by atoms with Gasteiger partial charge in [0.1, 0.15) is 0 Å². The molecule has 2 rings (SSSR count). The quantitative estimate of drug-likeness (QED) is 0.125. The number of hydrogen-bond donors (Lipinski definition) is 0. The molecule has 0 aromatic heterocycles. The first kappa shape index (κ1) is 35.7. The van der Waals surface area contributed by atoms with Gasteiger partial charge in [-0.1, -0.05) is 99.6 Å². The van der Waals surface area contributed by atoms with E-state index < -0.39 is 16.6 Å². The molecule has 1 fully saturated rings. The van der Waals surface area contributed by atoms with Gasteiger partial charge in [0.25, 0.3) is 0 Å². The molecular weight excluding hydrogens is 529 g/mol. The lowest BCUT2D eigenvalue weighted by atomic mass is 9.81. The van der Waals surface area contributed by atoms with Crippen molar-refractivity contribution >= 4 is 16.6 Å². The van der Waals surface area contributed by atoms with Crippen LogP contribution in [0.15, 0.2) is 30.3 Å². The molecule has 4 nitrogen and oxygen atoms in total. The Labute approximate surface area is 250 Å². The molecule has 232 valence electrons. The molecule has 0 aliphatic carbocycles. The Kier molecular flexibility index (Phi) is 14.6. The average Bonchev–Trinajstić information content (AvgIpc) is 2.92. The first-order valence-electron chi connectivity index (χ1n) is 16.5. The fraction of sp³-hybridized carbons (Fsp3) is 0.824. The molecule has 1 saturated heterocycles. The Hall–Kier alpha value is -0.506. The summed E-state index contributed by atoms with van der Waals surface area (Å²) in [7, 11) is -3.60. The van der Waals surface area contributed by atoms with Crippen LogP contribution in [-0.2, 0) is 24.9 Å². The fourth-order valence-corrected chi connectivity index (χ4v) is 15.8. The highest BCUT2D eigenvalue weighted by atomic mass is 28.4. The zero-order valence-corrected chi connectivity index (χ0v) is 30.1. The maximum Gasteiger partial charge on any atom is 0.200 e. The summed E-state index contributed by atoms with van der Waals surface area (Å²) < 4.78 is 27.3. The van der Waals surface area contributed by atoms with Crippen LogP contribution in [0.2, 0.25) is 34.8 Å². The summed E-state index contributed by atoms with van der Waals surface area (Å²) in [5.74, 6) is 0.475. The molecule has 0 spiro atoms. The average molecular weight is 593 g/mol. The van der Waals surface area contributed by atoms with E-state index in [-0.39, 0.29) is 17.8 Å². The van der Waals surface area contributed by atoms with E-state index in [1.54, 1.807) is 0 Å². The van der Waals surface area contributed by atoms with Crippen LogP contribution < -0.4 is 0 Å². The van der Waals surface area contributed by atoms with Gasteiger partial charge in [-0.25, -0.2) is 0 Å². The highest BCUT2D eigenvalue weighted by Gasteiger charge is 2.48. The number of benzene rings is 1. The minimum atomic E-state index is -1.83. The van der Waals surface area contributed by atoms with Crippen molar-refractivity contribution in [2.45, 2.75) is 161 Å². The monoisotopic (exact) mass is 592 g/mol. The molecule has 0 saturated carbocycles. The van der Waals surface area contributed by atoms with Crippen molar-refractivity contribution in [3.05, 3.63) is 35.9 Å². The molecule has 1 heterocycles. The minimum absolute atomic E-state index is 0.129. The van der Waals surface area contributed by atoms with Crippen molar-refractivity contribution in [3.8, 4) is 0 Å². The molecule has 0 unspecified atom stereocenters. The van der Waals surface area contributed by atoms with Crippen LogP contribution >= 0.6 is 0 Å². The Morgan fingerprint density at radius 2 is 1.48 bits per heavy atom. The first-order valence-corrected chi connectivity index (χ1v) is 21.2. The second-order valence-electron chi connectivity index (χ2n) is 13.6. The zero-order chi connectivity index (χ0) is 30.0. The van der Waals surface area contributed by atoms with E-state index in [1.807, 2.05) is 0 Å². The molecule has 1 aliphatic rings. The van der Waals surface area contributed by atoms with Crippen LogP contribution in [0, 0.1) is 5.92 Å². The van der Waals surface area contributed by atoms with Gasteiger partial charge in [-0.05, 0) is 72.4 Å². The molecule has 0 bridgehead atoms. The van der Waals surface area contributed by atoms with E-state index in [0.29, 0.717) is 35.8 Å². The molecule has 4 atom stereocenters. The molecule has 0 N–H and O–H groups in total. The predicted molar refractivity (Wildman–Crippen MR) is 176 cm³/mol. The summed E-state index contributed by atoms with van der Waals surface area (Å²) in [5, 5.41) is 0. The zero-order valence-electron chi connectivity index (χ0n) is 28.1. The minimum Gasteiger partial charge on any atom is -0.416 e. The fourth-order valence-electron chi connectivity index (χ4n) is 7.39. The van der Waals surface area contributed by atoms with Crippen LogP contribution in [0.5, 0.6) is 0 Å². The van der Waals surface area contributed by atoms with Crippen molar-refractivity contribution in [2.24, 2.45) is 5.92 Å². The number of rotatable bonds is 18. The smallest absolute Gasteiger partial charge is 0.200 e. The highest BCUT2D eigenvalue weighted by Crippen LogP contribution is 2.43. The van der Waals surface area contributed by atoms with Crippen LogP contribution in [0.1, 0.15) is 107 Å². The van der Waals surface area contributed by atoms with Crippen LogP contribution in [0.4, 0.5) is 0 Å². The lowest BCUT2D eigenvalue weighted by Crippen LogP contribution is -2.57. The standard InChI is InChI=1S/C34H64O4Si2/c1-12-39(13-2,14-3)38-33-25-30(10)32(21-18-23-36-40(27(4)5,28(6)7)29(8)9)37-34(33,11)22-24-35-26-31-19-16-15-17-20-31/h15-17,19-20,27-30,32-33H,12-14,18,21-26H2,1-11H3/t30-,32-,33-,34+/m0/s1. The SMILES string of the molecule is CC[Si](CC)(CC)O[C@H]1C[C@H](C)[C@H](CCCO[Si](C(C)C)(C(C)C)C(C)C)O[C@]1(C)CCOCc1ccccc1. The van der Waals surface area contributed by atoms with Crippen LogP contribution in [0.3, 0.4) is 0 Å². The van der Waals surface area contributed by atoms with E-state index in [9.17, 15) is 0 Å². The molecule has 1 aromatic rings. The van der Waals surface area contributed by atoms with Gasteiger partial charge < -0.3 is 18.3 Å². The summed E-state index contributed by atoms with van der Waals surface area (Å²) >= 11 is 0. The van der Waals surface area contributed by atoms with Crippen molar-refractivity contribution in [1.29, 1.82) is 0 Å². The lowest BCUT2D eigenvalue weighted by molar-refractivity contribution is -0.204. The summed E-state index contributed by atoms with van der Waals surface area (Å²) in [6.07, 6.45) is 4.39. The van der Waals surface area contributed by atoms with E-state index in [1.165, 1.54) is 23.7 Å². The summed E-state index contributed by atoms with van der Waals surface area (Å²) in [6, 6.07) is 14.0. The molecule has 40 heavy (non-hydrogen) atoms. The third kappa shape index (κ3) is 9.00. The Bertz CT molecular complexity index is 796. The van der Waals surface area contributed by atoms with E-state index >= 15 is 0 Å². The number of hydrogen-bond acceptors (Lipinski definition) is 4. The largest absolute Gasteiger partial charge is 0.416 e. The topological polar surface area (TPSA) is 36.9 Å². The van der Waals surface area contributed by atoms with E-state index in [4.69, 9.17) is 18.3 Å². The van der Waals surface area contributed by atoms with Crippen LogP contribution in [0.25, 0.3) is 0 Å². The molecule has 6 heteroatoms. The van der Waals surface area contributed by atoms with Gasteiger partial charge in [-0.2, -0.15) is 0 Å². The van der Waals surface area contributed by atoms with Gasteiger partial charge in [-0.3, -0.25) is 0 Å². The molecule has 0 radical (unpaired) electrons. The summed E-state index contributed by atoms with van der Waals surface area (Å²) in [4.78, 5) is 0. The van der Waals surface area contributed by atoms with Gasteiger partial charge in [0.2, 0.25) is 0 Å². The van der Waals surface area contributed by atoms with Gasteiger partial charge in [0.05, 0.1) is 24.4 Å². The normalized spacial score (nSPS) is 24.4. The van der Waals surface area contributed by atoms with Crippen molar-refractivity contribution in [3.63, 3.8) is 0 Å². The second kappa shape index (κ2) is 16.4. The summed E-state index contributed by atoms with van der Waals surface area (Å²) in [5.41, 5.74) is 2.74. The molecular formula is C34H64O4Si2. The predicted octanol–water partition coefficient (Wildman–Crippen LogP) is 10.1. The lowest BCUT2D eigenvalue weighted by Gasteiger charge is -2.50. The second-order valence-corrected chi connectivity index (χ2v) is 23.8. The summed E-state index contributed by atoms with van der Waals surface area (Å²) in [6.45, 7) is 28.0. The molecule has 1 aliphatic heterocycles.